The Bertz CT molecular complexity index is 1290. The van der Waals surface area contributed by atoms with E-state index in [4.69, 9.17) is 10.5 Å². The number of rotatable bonds is 5. The van der Waals surface area contributed by atoms with Crippen LogP contribution in [0.3, 0.4) is 0 Å². The van der Waals surface area contributed by atoms with Gasteiger partial charge in [-0.2, -0.15) is 0 Å². The number of nitrogens with zero attached hydrogens (tertiary/aromatic N) is 3. The predicted molar refractivity (Wildman–Crippen MR) is 123 cm³/mol. The lowest BCUT2D eigenvalue weighted by atomic mass is 9.91. The Hall–Kier alpha value is -3.32. The minimum atomic E-state index is -3.72. The third-order valence-electron chi connectivity index (χ3n) is 5.44. The lowest BCUT2D eigenvalue weighted by molar-refractivity contribution is 0.353. The number of nitrogens with two attached hydrogens (primary N) is 1. The highest BCUT2D eigenvalue weighted by atomic mass is 32.2. The second-order valence-corrected chi connectivity index (χ2v) is 10.8. The van der Waals surface area contributed by atoms with Gasteiger partial charge in [-0.05, 0) is 51.5 Å². The predicted octanol–water partition coefficient (Wildman–Crippen LogP) is 3.26. The van der Waals surface area contributed by atoms with E-state index in [1.54, 1.807) is 6.92 Å². The highest BCUT2D eigenvalue weighted by Crippen LogP contribution is 2.38. The first-order valence-corrected chi connectivity index (χ1v) is 11.6. The lowest BCUT2D eigenvalue weighted by Gasteiger charge is -2.38. The Morgan fingerprint density at radius 2 is 2.00 bits per heavy atom. The molecule has 2 N–H and O–H groups in total. The molecule has 1 aliphatic heterocycles. The molecule has 0 aliphatic carbocycles. The monoisotopic (exact) mass is 474 g/mol. The number of halogens is 2. The van der Waals surface area contributed by atoms with E-state index in [0.717, 1.165) is 12.1 Å². The van der Waals surface area contributed by atoms with Crippen LogP contribution >= 0.6 is 0 Å². The zero-order chi connectivity index (χ0) is 24.4. The second-order valence-electron chi connectivity index (χ2n) is 8.23. The van der Waals surface area contributed by atoms with Gasteiger partial charge in [0.05, 0.1) is 18.1 Å². The molecule has 10 heteroatoms. The van der Waals surface area contributed by atoms with E-state index in [9.17, 15) is 17.2 Å². The molecular weight excluding hydrogens is 450 g/mol. The van der Waals surface area contributed by atoms with Crippen molar-refractivity contribution in [2.45, 2.75) is 38.0 Å². The molecule has 0 spiro atoms. The molecule has 1 atom stereocenters. The van der Waals surface area contributed by atoms with Gasteiger partial charge in [0.25, 0.3) is 0 Å². The molecule has 0 radical (unpaired) electrons. The average molecular weight is 475 g/mol. The Balaban J connectivity index is 1.94. The average Bonchev–Trinajstić information content (AvgIpc) is 2.74. The molecule has 1 aromatic heterocycles. The number of benzene rings is 1. The fourth-order valence-corrected chi connectivity index (χ4v) is 4.93. The van der Waals surface area contributed by atoms with E-state index in [1.165, 1.54) is 45.3 Å². The number of aliphatic imine (C=N–C) groups is 1. The summed E-state index contributed by atoms with van der Waals surface area (Å²) in [7, 11) is -3.72. The summed E-state index contributed by atoms with van der Waals surface area (Å²) in [5, 5.41) is 0. The minimum absolute atomic E-state index is 0.00191. The standard InChI is InChI=1S/C23H24F2N4O3S/c1-5-6-9-32-20-13-27-19(12-28-20)18(25)11-15-7-8-17(24)16(10-15)23(4)14-33(30,31)22(2,3)21(26)29-23/h7-8,10-13H,9,14H2,1-4H3,(H2,26,29)/b18-11-/t23-/m0/s1. The molecule has 3 rings (SSSR count). The molecule has 1 aliphatic rings. The van der Waals surface area contributed by atoms with Crippen LogP contribution in [0.25, 0.3) is 11.9 Å². The Labute approximate surface area is 191 Å². The van der Waals surface area contributed by atoms with E-state index >= 15 is 0 Å². The number of amidine groups is 1. The Morgan fingerprint density at radius 3 is 2.61 bits per heavy atom. The van der Waals surface area contributed by atoms with Crippen molar-refractivity contribution in [1.82, 2.24) is 9.97 Å². The topological polar surface area (TPSA) is 108 Å². The van der Waals surface area contributed by atoms with E-state index < -0.39 is 37.5 Å². The summed E-state index contributed by atoms with van der Waals surface area (Å²) in [4.78, 5) is 12.3. The summed E-state index contributed by atoms with van der Waals surface area (Å²) >= 11 is 0. The summed E-state index contributed by atoms with van der Waals surface area (Å²) in [5.41, 5.74) is 4.73. The Kier molecular flexibility index (Phi) is 6.56. The largest absolute Gasteiger partial charge is 0.463 e. The van der Waals surface area contributed by atoms with Gasteiger partial charge in [0.2, 0.25) is 5.88 Å². The third-order valence-corrected chi connectivity index (χ3v) is 8.14. The molecule has 0 amide bonds. The molecule has 0 unspecified atom stereocenters. The van der Waals surface area contributed by atoms with Crippen molar-refractivity contribution < 1.29 is 21.9 Å². The van der Waals surface area contributed by atoms with Crippen LogP contribution in [0.4, 0.5) is 8.78 Å². The van der Waals surface area contributed by atoms with Crippen molar-refractivity contribution in [3.8, 4) is 17.7 Å². The number of sulfone groups is 1. The summed E-state index contributed by atoms with van der Waals surface area (Å²) in [6.07, 6.45) is 3.62. The van der Waals surface area contributed by atoms with Crippen molar-refractivity contribution in [1.29, 1.82) is 0 Å². The van der Waals surface area contributed by atoms with Crippen molar-refractivity contribution in [2.24, 2.45) is 10.7 Å². The third kappa shape index (κ3) is 4.88. The van der Waals surface area contributed by atoms with Gasteiger partial charge in [-0.15, -0.1) is 5.92 Å². The fourth-order valence-electron chi connectivity index (χ4n) is 3.24. The molecule has 2 aromatic rings. The van der Waals surface area contributed by atoms with Crippen molar-refractivity contribution in [3.63, 3.8) is 0 Å². The molecule has 7 nitrogen and oxygen atoms in total. The van der Waals surface area contributed by atoms with Crippen LogP contribution in [0.15, 0.2) is 35.6 Å². The van der Waals surface area contributed by atoms with Crippen LogP contribution < -0.4 is 10.5 Å². The van der Waals surface area contributed by atoms with E-state index in [1.807, 2.05) is 0 Å². The minimum Gasteiger partial charge on any atom is -0.463 e. The maximum Gasteiger partial charge on any atom is 0.233 e. The first-order chi connectivity index (χ1) is 15.4. The van der Waals surface area contributed by atoms with Gasteiger partial charge in [0.15, 0.2) is 22.3 Å². The quantitative estimate of drug-likeness (QED) is 0.667. The van der Waals surface area contributed by atoms with Crippen molar-refractivity contribution in [3.05, 3.63) is 53.2 Å². The number of hydrogen-bond acceptors (Lipinski definition) is 7. The summed E-state index contributed by atoms with van der Waals surface area (Å²) < 4.78 is 59.0. The summed E-state index contributed by atoms with van der Waals surface area (Å²) in [5.74, 6) is 3.65. The Morgan fingerprint density at radius 1 is 1.27 bits per heavy atom. The highest BCUT2D eigenvalue weighted by Gasteiger charge is 2.49. The maximum absolute atomic E-state index is 14.8. The van der Waals surface area contributed by atoms with Gasteiger partial charge in [-0.25, -0.2) is 27.2 Å². The molecule has 33 heavy (non-hydrogen) atoms. The van der Waals surface area contributed by atoms with E-state index in [0.29, 0.717) is 5.56 Å². The van der Waals surface area contributed by atoms with Gasteiger partial charge >= 0.3 is 0 Å². The SMILES string of the molecule is CC#CCOc1cnc(/C(F)=C/c2ccc(F)c([C@]3(C)CS(=O)(=O)C(C)(C)C(N)=N3)c2)cn1. The van der Waals surface area contributed by atoms with Crippen LogP contribution in [0.1, 0.15) is 44.5 Å². The fraction of sp³-hybridized carbons (Fsp3) is 0.348. The maximum atomic E-state index is 14.8. The second kappa shape index (κ2) is 8.90. The molecule has 1 aromatic carbocycles. The van der Waals surface area contributed by atoms with Crippen LogP contribution in [-0.4, -0.2) is 41.3 Å². The van der Waals surface area contributed by atoms with Crippen LogP contribution in [0, 0.1) is 17.7 Å². The molecule has 0 fully saturated rings. The van der Waals surface area contributed by atoms with Crippen molar-refractivity contribution >= 4 is 27.6 Å². The first-order valence-electron chi connectivity index (χ1n) is 10.00. The van der Waals surface area contributed by atoms with Crippen LogP contribution in [0.5, 0.6) is 5.88 Å². The van der Waals surface area contributed by atoms with Crippen LogP contribution in [0.2, 0.25) is 0 Å². The van der Waals surface area contributed by atoms with Gasteiger partial charge in [-0.1, -0.05) is 12.0 Å². The molecule has 0 bridgehead atoms. The number of hydrogen-bond donors (Lipinski definition) is 1. The molecular formula is C23H24F2N4O3S. The van der Waals surface area contributed by atoms with Gasteiger partial charge < -0.3 is 10.5 Å². The number of ether oxygens (including phenoxy) is 1. The highest BCUT2D eigenvalue weighted by molar-refractivity contribution is 7.93. The zero-order valence-electron chi connectivity index (χ0n) is 18.7. The normalized spacial score (nSPS) is 21.5. The number of aromatic nitrogens is 2. The van der Waals surface area contributed by atoms with E-state index in [2.05, 4.69) is 26.8 Å². The molecule has 174 valence electrons. The lowest BCUT2D eigenvalue weighted by Crippen LogP contribution is -2.55. The van der Waals surface area contributed by atoms with Gasteiger partial charge in [0.1, 0.15) is 27.6 Å². The van der Waals surface area contributed by atoms with Crippen LogP contribution in [-0.2, 0) is 15.4 Å². The zero-order valence-corrected chi connectivity index (χ0v) is 19.5. The van der Waals surface area contributed by atoms with Gasteiger partial charge in [-0.3, -0.25) is 4.99 Å². The smallest absolute Gasteiger partial charge is 0.233 e. The van der Waals surface area contributed by atoms with Gasteiger partial charge in [0, 0.05) is 5.56 Å². The molecule has 0 saturated heterocycles. The van der Waals surface area contributed by atoms with E-state index in [-0.39, 0.29) is 29.6 Å². The first kappa shape index (κ1) is 24.3. The summed E-state index contributed by atoms with van der Waals surface area (Å²) in [6.45, 7) is 6.22. The molecule has 0 saturated carbocycles. The summed E-state index contributed by atoms with van der Waals surface area (Å²) in [6, 6.07) is 3.85. The molecule has 2 heterocycles. The van der Waals surface area contributed by atoms with Crippen molar-refractivity contribution in [2.75, 3.05) is 12.4 Å².